The van der Waals surface area contributed by atoms with E-state index in [4.69, 9.17) is 10.00 Å². The van der Waals surface area contributed by atoms with Crippen LogP contribution < -0.4 is 0 Å². The Morgan fingerprint density at radius 1 is 1.77 bits per heavy atom. The van der Waals surface area contributed by atoms with E-state index in [9.17, 15) is 4.79 Å². The van der Waals surface area contributed by atoms with Gasteiger partial charge in [0.1, 0.15) is 6.61 Å². The fourth-order valence-corrected chi connectivity index (χ4v) is 0.877. The summed E-state index contributed by atoms with van der Waals surface area (Å²) in [6, 6.07) is 2.10. The predicted molar refractivity (Wildman–Crippen MR) is 49.8 cm³/mol. The Balaban J connectivity index is 3.66. The van der Waals surface area contributed by atoms with Gasteiger partial charge in [0.05, 0.1) is 12.0 Å². The van der Waals surface area contributed by atoms with Crippen molar-refractivity contribution in [2.45, 2.75) is 26.2 Å². The van der Waals surface area contributed by atoms with Crippen LogP contribution in [0.15, 0.2) is 12.7 Å². The van der Waals surface area contributed by atoms with Crippen LogP contribution in [0.25, 0.3) is 0 Å². The van der Waals surface area contributed by atoms with Crippen LogP contribution in [-0.2, 0) is 9.53 Å². The van der Waals surface area contributed by atoms with Gasteiger partial charge in [-0.2, -0.15) is 5.26 Å². The third-order valence-electron chi connectivity index (χ3n) is 1.68. The molecule has 13 heavy (non-hydrogen) atoms. The van der Waals surface area contributed by atoms with E-state index in [1.165, 1.54) is 0 Å². The van der Waals surface area contributed by atoms with E-state index in [1.807, 2.05) is 0 Å². The minimum absolute atomic E-state index is 0.177. The SMILES string of the molecule is C=CC(=O)OCC(C#N)CCCC. The molecule has 0 N–H and O–H groups in total. The summed E-state index contributed by atoms with van der Waals surface area (Å²) < 4.78 is 4.76. The van der Waals surface area contributed by atoms with Crippen molar-refractivity contribution in [2.24, 2.45) is 5.92 Å². The van der Waals surface area contributed by atoms with E-state index >= 15 is 0 Å². The molecule has 3 nitrogen and oxygen atoms in total. The summed E-state index contributed by atoms with van der Waals surface area (Å²) in [5.41, 5.74) is 0. The molecule has 0 aliphatic heterocycles. The molecule has 0 spiro atoms. The van der Waals surface area contributed by atoms with Crippen LogP contribution in [0.3, 0.4) is 0 Å². The molecule has 1 atom stereocenters. The maximum Gasteiger partial charge on any atom is 0.330 e. The summed E-state index contributed by atoms with van der Waals surface area (Å²) in [7, 11) is 0. The van der Waals surface area contributed by atoms with Crippen molar-refractivity contribution in [3.63, 3.8) is 0 Å². The first-order valence-electron chi connectivity index (χ1n) is 4.43. The van der Waals surface area contributed by atoms with Gasteiger partial charge < -0.3 is 4.74 Å². The first-order chi connectivity index (χ1) is 6.24. The zero-order valence-corrected chi connectivity index (χ0v) is 7.95. The van der Waals surface area contributed by atoms with Crippen molar-refractivity contribution < 1.29 is 9.53 Å². The van der Waals surface area contributed by atoms with Gasteiger partial charge in [0.25, 0.3) is 0 Å². The van der Waals surface area contributed by atoms with Crippen molar-refractivity contribution in [3.8, 4) is 6.07 Å². The number of esters is 1. The third kappa shape index (κ3) is 5.92. The second kappa shape index (κ2) is 7.35. The normalized spacial score (nSPS) is 11.4. The Bertz CT molecular complexity index is 205. The molecule has 0 radical (unpaired) electrons. The largest absolute Gasteiger partial charge is 0.461 e. The van der Waals surface area contributed by atoms with Crippen LogP contribution in [0, 0.1) is 17.2 Å². The van der Waals surface area contributed by atoms with Crippen molar-refractivity contribution in [3.05, 3.63) is 12.7 Å². The van der Waals surface area contributed by atoms with Gasteiger partial charge in [-0.1, -0.05) is 26.3 Å². The zero-order chi connectivity index (χ0) is 10.1. The van der Waals surface area contributed by atoms with Crippen molar-refractivity contribution in [2.75, 3.05) is 6.61 Å². The molecule has 1 unspecified atom stereocenters. The molecule has 0 aromatic heterocycles. The molecular weight excluding hydrogens is 166 g/mol. The van der Waals surface area contributed by atoms with Crippen LogP contribution in [0.1, 0.15) is 26.2 Å². The predicted octanol–water partition coefficient (Wildman–Crippen LogP) is 2.05. The molecule has 0 aromatic carbocycles. The third-order valence-corrected chi connectivity index (χ3v) is 1.68. The molecule has 0 bridgehead atoms. The van der Waals surface area contributed by atoms with Crippen LogP contribution >= 0.6 is 0 Å². The molecule has 72 valence electrons. The molecule has 0 fully saturated rings. The molecule has 0 saturated heterocycles. The summed E-state index contributed by atoms with van der Waals surface area (Å²) in [5.74, 6) is -0.638. The van der Waals surface area contributed by atoms with Gasteiger partial charge in [-0.25, -0.2) is 4.79 Å². The van der Waals surface area contributed by atoms with Gasteiger partial charge >= 0.3 is 5.97 Å². The number of nitriles is 1. The van der Waals surface area contributed by atoms with Crippen molar-refractivity contribution in [1.82, 2.24) is 0 Å². The number of nitrogens with zero attached hydrogens (tertiary/aromatic N) is 1. The highest BCUT2D eigenvalue weighted by Gasteiger charge is 2.08. The summed E-state index contributed by atoms with van der Waals surface area (Å²) >= 11 is 0. The standard InChI is InChI=1S/C10H15NO2/c1-3-5-6-9(7-11)8-13-10(12)4-2/h4,9H,2-3,5-6,8H2,1H3. The minimum atomic E-state index is -0.461. The number of rotatable bonds is 6. The lowest BCUT2D eigenvalue weighted by Gasteiger charge is -2.07. The molecule has 0 amide bonds. The first-order valence-corrected chi connectivity index (χ1v) is 4.43. The molecule has 0 aromatic rings. The molecular formula is C10H15NO2. The Hall–Kier alpha value is -1.30. The lowest BCUT2D eigenvalue weighted by molar-refractivity contribution is -0.138. The van der Waals surface area contributed by atoms with Gasteiger partial charge in [0, 0.05) is 6.08 Å². The van der Waals surface area contributed by atoms with Crippen LogP contribution in [0.4, 0.5) is 0 Å². The van der Waals surface area contributed by atoms with E-state index in [1.54, 1.807) is 0 Å². The van der Waals surface area contributed by atoms with Gasteiger partial charge in [0.15, 0.2) is 0 Å². The average Bonchev–Trinajstić information content (AvgIpc) is 2.17. The topological polar surface area (TPSA) is 50.1 Å². The molecule has 3 heteroatoms. The lowest BCUT2D eigenvalue weighted by atomic mass is 10.1. The van der Waals surface area contributed by atoms with Gasteiger partial charge in [0.2, 0.25) is 0 Å². The fraction of sp³-hybridized carbons (Fsp3) is 0.600. The van der Waals surface area contributed by atoms with Crippen LogP contribution in [0.2, 0.25) is 0 Å². The van der Waals surface area contributed by atoms with Crippen molar-refractivity contribution in [1.29, 1.82) is 5.26 Å². The van der Waals surface area contributed by atoms with Crippen LogP contribution in [-0.4, -0.2) is 12.6 Å². The zero-order valence-electron chi connectivity index (χ0n) is 7.95. The van der Waals surface area contributed by atoms with E-state index in [2.05, 4.69) is 19.6 Å². The summed E-state index contributed by atoms with van der Waals surface area (Å²) in [6.07, 6.45) is 3.93. The number of hydrogen-bond donors (Lipinski definition) is 0. The Morgan fingerprint density at radius 2 is 2.46 bits per heavy atom. The molecule has 0 aliphatic rings. The molecule has 0 saturated carbocycles. The number of hydrogen-bond acceptors (Lipinski definition) is 3. The lowest BCUT2D eigenvalue weighted by Crippen LogP contribution is -2.11. The average molecular weight is 181 g/mol. The van der Waals surface area contributed by atoms with Crippen molar-refractivity contribution >= 4 is 5.97 Å². The molecule has 0 aliphatic carbocycles. The first kappa shape index (κ1) is 11.7. The highest BCUT2D eigenvalue weighted by molar-refractivity contribution is 5.81. The van der Waals surface area contributed by atoms with Gasteiger partial charge in [-0.05, 0) is 6.42 Å². The van der Waals surface area contributed by atoms with E-state index < -0.39 is 5.97 Å². The Kier molecular flexibility index (Phi) is 6.62. The maximum atomic E-state index is 10.7. The maximum absolute atomic E-state index is 10.7. The quantitative estimate of drug-likeness (QED) is 0.465. The Morgan fingerprint density at radius 3 is 2.92 bits per heavy atom. The number of carbonyl (C=O) groups excluding carboxylic acids is 1. The van der Waals surface area contributed by atoms with Crippen LogP contribution in [0.5, 0.6) is 0 Å². The fourth-order valence-electron chi connectivity index (χ4n) is 0.877. The molecule has 0 rings (SSSR count). The number of carbonyl (C=O) groups is 1. The van der Waals surface area contributed by atoms with Gasteiger partial charge in [-0.3, -0.25) is 0 Å². The minimum Gasteiger partial charge on any atom is -0.461 e. The van der Waals surface area contributed by atoms with Gasteiger partial charge in [-0.15, -0.1) is 0 Å². The highest BCUT2D eigenvalue weighted by Crippen LogP contribution is 2.07. The second-order valence-corrected chi connectivity index (χ2v) is 2.80. The molecule has 0 heterocycles. The highest BCUT2D eigenvalue weighted by atomic mass is 16.5. The van der Waals surface area contributed by atoms with E-state index in [-0.39, 0.29) is 12.5 Å². The number of ether oxygens (including phenoxy) is 1. The number of unbranched alkanes of at least 4 members (excludes halogenated alkanes) is 1. The smallest absolute Gasteiger partial charge is 0.330 e. The Labute approximate surface area is 79.0 Å². The van der Waals surface area contributed by atoms with E-state index in [0.717, 1.165) is 25.3 Å². The second-order valence-electron chi connectivity index (χ2n) is 2.80. The summed E-state index contributed by atoms with van der Waals surface area (Å²) in [4.78, 5) is 10.7. The van der Waals surface area contributed by atoms with E-state index in [0.29, 0.717) is 0 Å². The monoisotopic (exact) mass is 181 g/mol. The summed E-state index contributed by atoms with van der Waals surface area (Å²) in [5, 5.41) is 8.67. The summed E-state index contributed by atoms with van der Waals surface area (Å²) in [6.45, 7) is 5.51.